The van der Waals surface area contributed by atoms with Crippen LogP contribution in [0.15, 0.2) is 45.3 Å². The molecule has 2 aromatic rings. The van der Waals surface area contributed by atoms with E-state index in [0.29, 0.717) is 5.56 Å². The summed E-state index contributed by atoms with van der Waals surface area (Å²) in [6.45, 7) is 0. The molecular formula is C16H14Br2N2O. The lowest BCUT2D eigenvalue weighted by atomic mass is 10.1. The molecule has 0 saturated carbocycles. The maximum Gasteiger partial charge on any atom is 0.251 e. The van der Waals surface area contributed by atoms with Crippen LogP contribution in [0.1, 0.15) is 33.9 Å². The molecule has 5 heteroatoms. The van der Waals surface area contributed by atoms with Gasteiger partial charge in [0, 0.05) is 20.2 Å². The first-order chi connectivity index (χ1) is 10.0. The van der Waals surface area contributed by atoms with E-state index in [-0.39, 0.29) is 11.9 Å². The van der Waals surface area contributed by atoms with Gasteiger partial charge in [-0.05, 0) is 54.3 Å². The zero-order chi connectivity index (χ0) is 15.0. The third-order valence-corrected chi connectivity index (χ3v) is 4.59. The highest BCUT2D eigenvalue weighted by Crippen LogP contribution is 2.32. The lowest BCUT2D eigenvalue weighted by Crippen LogP contribution is -2.27. The Balaban J connectivity index is 1.81. The van der Waals surface area contributed by atoms with Crippen LogP contribution in [0.25, 0.3) is 0 Å². The number of halogens is 2. The molecule has 3 rings (SSSR count). The van der Waals surface area contributed by atoms with Gasteiger partial charge >= 0.3 is 0 Å². The molecule has 3 N–H and O–H groups in total. The molecule has 3 nitrogen and oxygen atoms in total. The minimum atomic E-state index is -0.0633. The van der Waals surface area contributed by atoms with E-state index in [9.17, 15) is 4.79 Å². The molecule has 0 saturated heterocycles. The molecule has 1 unspecified atom stereocenters. The van der Waals surface area contributed by atoms with Crippen molar-refractivity contribution in [3.05, 3.63) is 62.0 Å². The molecule has 0 aromatic heterocycles. The minimum Gasteiger partial charge on any atom is -0.399 e. The van der Waals surface area contributed by atoms with Crippen molar-refractivity contribution >= 4 is 43.5 Å². The number of nitrogens with one attached hydrogen (secondary N) is 1. The fourth-order valence-electron chi connectivity index (χ4n) is 2.71. The van der Waals surface area contributed by atoms with Gasteiger partial charge in [0.15, 0.2) is 0 Å². The molecule has 0 heterocycles. The number of carbonyl (C=O) groups excluding carboxylic acids is 1. The third-order valence-electron chi connectivity index (χ3n) is 3.67. The first kappa shape index (κ1) is 14.6. The Morgan fingerprint density at radius 2 is 1.86 bits per heavy atom. The molecular weight excluding hydrogens is 396 g/mol. The van der Waals surface area contributed by atoms with Crippen molar-refractivity contribution in [3.63, 3.8) is 0 Å². The predicted octanol–water partition coefficient (Wildman–Crippen LogP) is 4.21. The van der Waals surface area contributed by atoms with Crippen LogP contribution < -0.4 is 11.1 Å². The molecule has 2 aromatic carbocycles. The Labute approximate surface area is 140 Å². The van der Waals surface area contributed by atoms with E-state index in [4.69, 9.17) is 5.73 Å². The second-order valence-electron chi connectivity index (χ2n) is 5.18. The van der Waals surface area contributed by atoms with Crippen LogP contribution >= 0.6 is 31.9 Å². The summed E-state index contributed by atoms with van der Waals surface area (Å²) in [6, 6.07) is 11.5. The molecule has 0 fully saturated rings. The Kier molecular flexibility index (Phi) is 4.04. The number of fused-ring (bicyclic) bond motifs is 1. The smallest absolute Gasteiger partial charge is 0.251 e. The van der Waals surface area contributed by atoms with E-state index in [1.54, 1.807) is 0 Å². The number of carbonyl (C=O) groups is 1. The van der Waals surface area contributed by atoms with Crippen LogP contribution in [0.5, 0.6) is 0 Å². The number of anilines is 1. The minimum absolute atomic E-state index is 0.0610. The van der Waals surface area contributed by atoms with E-state index >= 15 is 0 Å². The molecule has 0 bridgehead atoms. The topological polar surface area (TPSA) is 55.1 Å². The summed E-state index contributed by atoms with van der Waals surface area (Å²) < 4.78 is 1.75. The molecule has 0 spiro atoms. The summed E-state index contributed by atoms with van der Waals surface area (Å²) in [7, 11) is 0. The van der Waals surface area contributed by atoms with Crippen molar-refractivity contribution in [2.24, 2.45) is 0 Å². The fourth-order valence-corrected chi connectivity index (χ4v) is 4.01. The van der Waals surface area contributed by atoms with Crippen LogP contribution in [0.4, 0.5) is 5.69 Å². The van der Waals surface area contributed by atoms with E-state index < -0.39 is 0 Å². The van der Waals surface area contributed by atoms with Crippen molar-refractivity contribution in [2.75, 3.05) is 5.73 Å². The quantitative estimate of drug-likeness (QED) is 0.730. The number of nitrogen functional groups attached to an aromatic ring is 1. The number of nitrogens with two attached hydrogens (primary N) is 1. The third kappa shape index (κ3) is 3.14. The van der Waals surface area contributed by atoms with Crippen LogP contribution in [-0.2, 0) is 6.42 Å². The average Bonchev–Trinajstić information content (AvgIpc) is 2.80. The highest BCUT2D eigenvalue weighted by Gasteiger charge is 2.24. The van der Waals surface area contributed by atoms with E-state index in [0.717, 1.165) is 27.5 Å². The zero-order valence-electron chi connectivity index (χ0n) is 11.2. The summed E-state index contributed by atoms with van der Waals surface area (Å²) in [5.74, 6) is -0.0633. The van der Waals surface area contributed by atoms with E-state index in [1.807, 2.05) is 36.4 Å². The van der Waals surface area contributed by atoms with Gasteiger partial charge in [0.05, 0.1) is 6.04 Å². The fraction of sp³-hybridized carbons (Fsp3) is 0.188. The van der Waals surface area contributed by atoms with Crippen LogP contribution in [-0.4, -0.2) is 5.91 Å². The largest absolute Gasteiger partial charge is 0.399 e. The maximum atomic E-state index is 12.4. The Hall–Kier alpha value is -1.33. The second kappa shape index (κ2) is 5.81. The number of benzene rings is 2. The van der Waals surface area contributed by atoms with Gasteiger partial charge in [-0.2, -0.15) is 0 Å². The van der Waals surface area contributed by atoms with Gasteiger partial charge in [0.25, 0.3) is 5.91 Å². The van der Waals surface area contributed by atoms with Crippen LogP contribution in [0, 0.1) is 0 Å². The Bertz CT molecular complexity index is 695. The van der Waals surface area contributed by atoms with Gasteiger partial charge in [-0.15, -0.1) is 0 Å². The maximum absolute atomic E-state index is 12.4. The molecule has 21 heavy (non-hydrogen) atoms. The molecule has 108 valence electrons. The first-order valence-corrected chi connectivity index (χ1v) is 8.27. The van der Waals surface area contributed by atoms with Gasteiger partial charge in [-0.3, -0.25) is 4.79 Å². The van der Waals surface area contributed by atoms with Gasteiger partial charge in [0.1, 0.15) is 0 Å². The zero-order valence-corrected chi connectivity index (χ0v) is 14.4. The van der Waals surface area contributed by atoms with Crippen LogP contribution in [0.3, 0.4) is 0 Å². The summed E-state index contributed by atoms with van der Waals surface area (Å²) in [5, 5.41) is 3.10. The van der Waals surface area contributed by atoms with Gasteiger partial charge in [-0.1, -0.05) is 37.9 Å². The second-order valence-corrected chi connectivity index (χ2v) is 7.01. The van der Waals surface area contributed by atoms with Gasteiger partial charge < -0.3 is 11.1 Å². The first-order valence-electron chi connectivity index (χ1n) is 6.68. The number of aryl methyl sites for hydroxylation is 1. The lowest BCUT2D eigenvalue weighted by Gasteiger charge is -2.14. The SMILES string of the molecule is Nc1ccc2c(c1)CCC2NC(=O)c1cc(Br)cc(Br)c1. The van der Waals surface area contributed by atoms with E-state index in [1.165, 1.54) is 11.1 Å². The molecule has 0 radical (unpaired) electrons. The van der Waals surface area contributed by atoms with Crippen molar-refractivity contribution in [1.29, 1.82) is 0 Å². The van der Waals surface area contributed by atoms with Crippen molar-refractivity contribution in [2.45, 2.75) is 18.9 Å². The van der Waals surface area contributed by atoms with Crippen molar-refractivity contribution in [3.8, 4) is 0 Å². The summed E-state index contributed by atoms with van der Waals surface area (Å²) >= 11 is 6.81. The Morgan fingerprint density at radius 1 is 1.14 bits per heavy atom. The molecule has 1 atom stereocenters. The summed E-state index contributed by atoms with van der Waals surface area (Å²) in [6.07, 6.45) is 1.87. The number of amides is 1. The highest BCUT2D eigenvalue weighted by atomic mass is 79.9. The Morgan fingerprint density at radius 3 is 2.57 bits per heavy atom. The van der Waals surface area contributed by atoms with Gasteiger partial charge in [-0.25, -0.2) is 0 Å². The lowest BCUT2D eigenvalue weighted by molar-refractivity contribution is 0.0936. The molecule has 1 aliphatic carbocycles. The van der Waals surface area contributed by atoms with Gasteiger partial charge in [0.2, 0.25) is 0 Å². The summed E-state index contributed by atoms with van der Waals surface area (Å²) in [5.41, 5.74) is 9.62. The standard InChI is InChI=1S/C16H14Br2N2O/c17-11-5-10(6-12(18)8-11)16(21)20-15-4-1-9-7-13(19)2-3-14(9)15/h2-3,5-8,15H,1,4,19H2,(H,20,21). The average molecular weight is 410 g/mol. The normalized spacial score (nSPS) is 16.6. The summed E-state index contributed by atoms with van der Waals surface area (Å²) in [4.78, 5) is 12.4. The van der Waals surface area contributed by atoms with E-state index in [2.05, 4.69) is 37.2 Å². The molecule has 1 amide bonds. The number of hydrogen-bond donors (Lipinski definition) is 2. The highest BCUT2D eigenvalue weighted by molar-refractivity contribution is 9.11. The predicted molar refractivity (Wildman–Crippen MR) is 91.2 cm³/mol. The van der Waals surface area contributed by atoms with Crippen molar-refractivity contribution < 1.29 is 4.79 Å². The molecule has 1 aliphatic rings. The molecule has 0 aliphatic heterocycles. The monoisotopic (exact) mass is 408 g/mol. The number of hydrogen-bond acceptors (Lipinski definition) is 2. The van der Waals surface area contributed by atoms with Crippen LogP contribution in [0.2, 0.25) is 0 Å². The van der Waals surface area contributed by atoms with Crippen molar-refractivity contribution in [1.82, 2.24) is 5.32 Å². The number of rotatable bonds is 2.